The third kappa shape index (κ3) is 4.95. The maximum Gasteiger partial charge on any atom is 0.338 e. The van der Waals surface area contributed by atoms with Crippen molar-refractivity contribution in [2.45, 2.75) is 13.8 Å². The molecule has 0 atom stereocenters. The highest BCUT2D eigenvalue weighted by molar-refractivity contribution is 5.96. The first-order valence-electron chi connectivity index (χ1n) is 7.35. The molecule has 0 heterocycles. The highest BCUT2D eigenvalue weighted by Gasteiger charge is 2.12. The zero-order valence-corrected chi connectivity index (χ0v) is 13.5. The van der Waals surface area contributed by atoms with Gasteiger partial charge in [-0.1, -0.05) is 35.4 Å². The number of benzene rings is 2. The van der Waals surface area contributed by atoms with Crippen molar-refractivity contribution in [3.63, 3.8) is 0 Å². The largest absolute Gasteiger partial charge is 0.452 e. The first kappa shape index (κ1) is 17.2. The predicted octanol–water partition coefficient (Wildman–Crippen LogP) is 1.92. The lowest BCUT2D eigenvalue weighted by Gasteiger charge is -2.09. The highest BCUT2D eigenvalue weighted by Crippen LogP contribution is 2.10. The Bertz CT molecular complexity index is 737. The molecule has 2 amide bonds. The quantitative estimate of drug-likeness (QED) is 0.664. The number of esters is 1. The number of carbonyl (C=O) groups excluding carboxylic acids is 3. The maximum atomic E-state index is 11.9. The monoisotopic (exact) mass is 326 g/mol. The summed E-state index contributed by atoms with van der Waals surface area (Å²) in [5, 5.41) is 0. The van der Waals surface area contributed by atoms with Gasteiger partial charge in [0.05, 0.1) is 5.56 Å². The van der Waals surface area contributed by atoms with Gasteiger partial charge in [0.2, 0.25) is 0 Å². The average molecular weight is 326 g/mol. The normalized spacial score (nSPS) is 9.92. The molecule has 0 fully saturated rings. The van der Waals surface area contributed by atoms with Crippen molar-refractivity contribution >= 4 is 17.8 Å². The Labute approximate surface area is 139 Å². The van der Waals surface area contributed by atoms with E-state index in [1.54, 1.807) is 42.5 Å². The summed E-state index contributed by atoms with van der Waals surface area (Å²) in [4.78, 5) is 35.3. The van der Waals surface area contributed by atoms with E-state index in [-0.39, 0.29) is 0 Å². The van der Waals surface area contributed by atoms with E-state index in [0.717, 1.165) is 11.1 Å². The maximum absolute atomic E-state index is 11.9. The van der Waals surface area contributed by atoms with Crippen molar-refractivity contribution < 1.29 is 19.1 Å². The first-order valence-corrected chi connectivity index (χ1v) is 7.35. The van der Waals surface area contributed by atoms with E-state index in [1.165, 1.54) is 0 Å². The lowest BCUT2D eigenvalue weighted by atomic mass is 10.1. The fourth-order valence-corrected chi connectivity index (χ4v) is 2.13. The van der Waals surface area contributed by atoms with Crippen LogP contribution < -0.4 is 10.9 Å². The summed E-state index contributed by atoms with van der Waals surface area (Å²) in [5.41, 5.74) is 7.10. The van der Waals surface area contributed by atoms with Gasteiger partial charge in [-0.2, -0.15) is 0 Å². The molecular formula is C18H18N2O4. The summed E-state index contributed by atoms with van der Waals surface area (Å²) in [7, 11) is 0. The number of aryl methyl sites for hydroxylation is 2. The van der Waals surface area contributed by atoms with Gasteiger partial charge in [0.25, 0.3) is 11.8 Å². The van der Waals surface area contributed by atoms with E-state index in [2.05, 4.69) is 10.9 Å². The number of nitrogens with one attached hydrogen (secondary N) is 2. The Morgan fingerprint density at radius 1 is 0.875 bits per heavy atom. The van der Waals surface area contributed by atoms with Crippen LogP contribution in [0.25, 0.3) is 0 Å². The van der Waals surface area contributed by atoms with Gasteiger partial charge in [0.15, 0.2) is 6.61 Å². The van der Waals surface area contributed by atoms with Crippen LogP contribution in [0.4, 0.5) is 0 Å². The van der Waals surface area contributed by atoms with Gasteiger partial charge in [0, 0.05) is 5.56 Å². The molecule has 6 nitrogen and oxygen atoms in total. The zero-order chi connectivity index (χ0) is 17.5. The minimum Gasteiger partial charge on any atom is -0.452 e. The van der Waals surface area contributed by atoms with E-state index >= 15 is 0 Å². The van der Waals surface area contributed by atoms with Crippen LogP contribution in [0.2, 0.25) is 0 Å². The number of hydrogen-bond donors (Lipinski definition) is 2. The van der Waals surface area contributed by atoms with Gasteiger partial charge in [-0.25, -0.2) is 4.79 Å². The van der Waals surface area contributed by atoms with E-state index < -0.39 is 24.4 Å². The van der Waals surface area contributed by atoms with Gasteiger partial charge >= 0.3 is 5.97 Å². The fourth-order valence-electron chi connectivity index (χ4n) is 2.13. The molecule has 0 aliphatic carbocycles. The lowest BCUT2D eigenvalue weighted by molar-refractivity contribution is -0.125. The van der Waals surface area contributed by atoms with E-state index in [0.29, 0.717) is 11.1 Å². The molecule has 6 heteroatoms. The van der Waals surface area contributed by atoms with Crippen LogP contribution in [0.5, 0.6) is 0 Å². The van der Waals surface area contributed by atoms with Crippen LogP contribution in [-0.2, 0) is 9.53 Å². The molecule has 2 N–H and O–H groups in total. The van der Waals surface area contributed by atoms with Gasteiger partial charge in [-0.3, -0.25) is 20.4 Å². The standard InChI is InChI=1S/C18H18N2O4/c1-12-8-13(2)10-15(9-12)18(23)24-11-16(21)19-20-17(22)14-6-4-3-5-7-14/h3-10H,11H2,1-2H3,(H,19,21)(H,20,22). The second-order valence-corrected chi connectivity index (χ2v) is 5.32. The number of hydrazine groups is 1. The Morgan fingerprint density at radius 2 is 1.50 bits per heavy atom. The highest BCUT2D eigenvalue weighted by atomic mass is 16.5. The summed E-state index contributed by atoms with van der Waals surface area (Å²) < 4.78 is 4.94. The second-order valence-electron chi connectivity index (χ2n) is 5.32. The molecule has 0 saturated carbocycles. The molecule has 24 heavy (non-hydrogen) atoms. The molecule has 124 valence electrons. The third-order valence-electron chi connectivity index (χ3n) is 3.14. The van der Waals surface area contributed by atoms with Gasteiger partial charge in [-0.15, -0.1) is 0 Å². The molecule has 0 saturated heterocycles. The van der Waals surface area contributed by atoms with Crippen molar-refractivity contribution in [2.75, 3.05) is 6.61 Å². The minimum atomic E-state index is -0.628. The van der Waals surface area contributed by atoms with Crippen molar-refractivity contribution in [2.24, 2.45) is 0 Å². The Hall–Kier alpha value is -3.15. The molecular weight excluding hydrogens is 308 g/mol. The van der Waals surface area contributed by atoms with E-state index in [9.17, 15) is 14.4 Å². The molecule has 0 aromatic heterocycles. The van der Waals surface area contributed by atoms with Crippen LogP contribution in [0.1, 0.15) is 31.8 Å². The first-order chi connectivity index (χ1) is 11.5. The molecule has 0 bridgehead atoms. The number of amides is 2. The molecule has 2 aromatic rings. The molecule has 0 aliphatic heterocycles. The number of hydrogen-bond acceptors (Lipinski definition) is 4. The van der Waals surface area contributed by atoms with Crippen LogP contribution >= 0.6 is 0 Å². The predicted molar refractivity (Wildman–Crippen MR) is 88.2 cm³/mol. The number of carbonyl (C=O) groups is 3. The fraction of sp³-hybridized carbons (Fsp3) is 0.167. The number of rotatable bonds is 4. The molecule has 0 radical (unpaired) electrons. The van der Waals surface area contributed by atoms with Crippen molar-refractivity contribution in [3.05, 3.63) is 70.8 Å². The van der Waals surface area contributed by atoms with Crippen LogP contribution in [0.3, 0.4) is 0 Å². The van der Waals surface area contributed by atoms with Crippen molar-refractivity contribution in [3.8, 4) is 0 Å². The topological polar surface area (TPSA) is 84.5 Å². The summed E-state index contributed by atoms with van der Waals surface area (Å²) in [6.07, 6.45) is 0. The Morgan fingerprint density at radius 3 is 2.12 bits per heavy atom. The number of ether oxygens (including phenoxy) is 1. The summed E-state index contributed by atoms with van der Waals surface area (Å²) in [5.74, 6) is -1.67. The molecule has 0 aliphatic rings. The van der Waals surface area contributed by atoms with Gasteiger partial charge < -0.3 is 4.74 Å². The van der Waals surface area contributed by atoms with E-state index in [1.807, 2.05) is 19.9 Å². The molecule has 0 spiro atoms. The van der Waals surface area contributed by atoms with Crippen molar-refractivity contribution in [1.29, 1.82) is 0 Å². The van der Waals surface area contributed by atoms with Gasteiger partial charge in [-0.05, 0) is 38.1 Å². The Kier molecular flexibility index (Phi) is 5.68. The van der Waals surface area contributed by atoms with Crippen LogP contribution in [0, 0.1) is 13.8 Å². The SMILES string of the molecule is Cc1cc(C)cc(C(=O)OCC(=O)NNC(=O)c2ccccc2)c1. The Balaban J connectivity index is 1.80. The van der Waals surface area contributed by atoms with Gasteiger partial charge in [0.1, 0.15) is 0 Å². The van der Waals surface area contributed by atoms with Crippen LogP contribution in [-0.4, -0.2) is 24.4 Å². The summed E-state index contributed by atoms with van der Waals surface area (Å²) >= 11 is 0. The van der Waals surface area contributed by atoms with Crippen LogP contribution in [0.15, 0.2) is 48.5 Å². The lowest BCUT2D eigenvalue weighted by Crippen LogP contribution is -2.43. The third-order valence-corrected chi connectivity index (χ3v) is 3.14. The minimum absolute atomic E-state index is 0.383. The molecule has 2 aromatic carbocycles. The van der Waals surface area contributed by atoms with E-state index in [4.69, 9.17) is 4.74 Å². The molecule has 2 rings (SSSR count). The molecule has 0 unspecified atom stereocenters. The summed E-state index contributed by atoms with van der Waals surface area (Å²) in [6.45, 7) is 3.26. The smallest absolute Gasteiger partial charge is 0.338 e. The van der Waals surface area contributed by atoms with Crippen molar-refractivity contribution in [1.82, 2.24) is 10.9 Å². The average Bonchev–Trinajstić information content (AvgIpc) is 2.57. The zero-order valence-electron chi connectivity index (χ0n) is 13.5. The second kappa shape index (κ2) is 7.92. The summed E-state index contributed by atoms with van der Waals surface area (Å²) in [6, 6.07) is 13.7.